The zero-order valence-corrected chi connectivity index (χ0v) is 9.59. The predicted octanol–water partition coefficient (Wildman–Crippen LogP) is 1.10. The van der Waals surface area contributed by atoms with Gasteiger partial charge >= 0.3 is 5.97 Å². The van der Waals surface area contributed by atoms with Crippen LogP contribution in [0.25, 0.3) is 0 Å². The molecule has 0 aromatic carbocycles. The van der Waals surface area contributed by atoms with Gasteiger partial charge in [-0.3, -0.25) is 14.6 Å². The minimum atomic E-state index is -1.05. The first-order valence-electron chi connectivity index (χ1n) is 5.08. The Balaban J connectivity index is 2.90. The number of rotatable bonds is 5. The van der Waals surface area contributed by atoms with Crippen molar-refractivity contribution in [3.8, 4) is 0 Å². The molecule has 0 aliphatic carbocycles. The van der Waals surface area contributed by atoms with Crippen LogP contribution in [0, 0.1) is 6.92 Å². The standard InChI is InChI=1S/C12H14N2O3/c1-3-4-14(8-11(15)16)12(17)10-5-9(2)6-13-7-10/h3,5-7H,1,4,8H2,2H3,(H,15,16). The van der Waals surface area contributed by atoms with Gasteiger partial charge in [0.1, 0.15) is 6.54 Å². The lowest BCUT2D eigenvalue weighted by Crippen LogP contribution is -2.35. The molecule has 1 aromatic rings. The van der Waals surface area contributed by atoms with E-state index in [9.17, 15) is 9.59 Å². The maximum Gasteiger partial charge on any atom is 0.323 e. The molecule has 0 aliphatic rings. The zero-order chi connectivity index (χ0) is 12.8. The highest BCUT2D eigenvalue weighted by molar-refractivity contribution is 5.95. The molecule has 5 nitrogen and oxygen atoms in total. The number of aromatic nitrogens is 1. The summed E-state index contributed by atoms with van der Waals surface area (Å²) in [6.07, 6.45) is 4.54. The van der Waals surface area contributed by atoms with Gasteiger partial charge in [0.15, 0.2) is 0 Å². The quantitative estimate of drug-likeness (QED) is 0.774. The molecule has 1 heterocycles. The molecule has 1 rings (SSSR count). The molecule has 17 heavy (non-hydrogen) atoms. The second-order valence-corrected chi connectivity index (χ2v) is 3.62. The molecule has 1 N–H and O–H groups in total. The Labute approximate surface area is 99.4 Å². The third-order valence-corrected chi connectivity index (χ3v) is 2.08. The Morgan fingerprint density at radius 1 is 1.53 bits per heavy atom. The topological polar surface area (TPSA) is 70.5 Å². The number of aryl methyl sites for hydroxylation is 1. The van der Waals surface area contributed by atoms with Gasteiger partial charge in [0, 0.05) is 18.9 Å². The van der Waals surface area contributed by atoms with Crippen molar-refractivity contribution in [1.29, 1.82) is 0 Å². The molecular weight excluding hydrogens is 220 g/mol. The van der Waals surface area contributed by atoms with Crippen LogP contribution < -0.4 is 0 Å². The van der Waals surface area contributed by atoms with Crippen molar-refractivity contribution in [2.75, 3.05) is 13.1 Å². The number of carboxylic acids is 1. The summed E-state index contributed by atoms with van der Waals surface area (Å²) in [7, 11) is 0. The SMILES string of the molecule is C=CCN(CC(=O)O)C(=O)c1cncc(C)c1. The summed E-state index contributed by atoms with van der Waals surface area (Å²) in [5.74, 6) is -1.41. The molecule has 0 radical (unpaired) electrons. The number of amides is 1. The maximum absolute atomic E-state index is 12.0. The van der Waals surface area contributed by atoms with Crippen LogP contribution in [0.4, 0.5) is 0 Å². The van der Waals surface area contributed by atoms with Crippen molar-refractivity contribution in [1.82, 2.24) is 9.88 Å². The van der Waals surface area contributed by atoms with Crippen LogP contribution in [-0.2, 0) is 4.79 Å². The Morgan fingerprint density at radius 2 is 2.24 bits per heavy atom. The third-order valence-electron chi connectivity index (χ3n) is 2.08. The number of carbonyl (C=O) groups is 2. The number of hydrogen-bond donors (Lipinski definition) is 1. The van der Waals surface area contributed by atoms with Crippen LogP contribution in [0.3, 0.4) is 0 Å². The second kappa shape index (κ2) is 5.79. The average molecular weight is 234 g/mol. The first-order chi connectivity index (χ1) is 8.04. The number of aliphatic carboxylic acids is 1. The van der Waals surface area contributed by atoms with Gasteiger partial charge in [-0.05, 0) is 18.6 Å². The van der Waals surface area contributed by atoms with E-state index in [1.807, 2.05) is 6.92 Å². The first kappa shape index (κ1) is 12.9. The number of carboxylic acid groups (broad SMARTS) is 1. The lowest BCUT2D eigenvalue weighted by atomic mass is 10.2. The van der Waals surface area contributed by atoms with E-state index in [-0.39, 0.29) is 19.0 Å². The molecule has 0 spiro atoms. The minimum absolute atomic E-state index is 0.194. The fourth-order valence-electron chi connectivity index (χ4n) is 1.39. The Morgan fingerprint density at radius 3 is 2.76 bits per heavy atom. The summed E-state index contributed by atoms with van der Waals surface area (Å²) in [6.45, 7) is 5.16. The van der Waals surface area contributed by atoms with Crippen LogP contribution in [0.5, 0.6) is 0 Å². The summed E-state index contributed by atoms with van der Waals surface area (Å²) in [5, 5.41) is 8.72. The zero-order valence-electron chi connectivity index (χ0n) is 9.59. The normalized spacial score (nSPS) is 9.71. The van der Waals surface area contributed by atoms with Gasteiger partial charge in [0.25, 0.3) is 5.91 Å². The lowest BCUT2D eigenvalue weighted by molar-refractivity contribution is -0.137. The van der Waals surface area contributed by atoms with Crippen LogP contribution in [0.15, 0.2) is 31.1 Å². The fraction of sp³-hybridized carbons (Fsp3) is 0.250. The van der Waals surface area contributed by atoms with E-state index >= 15 is 0 Å². The Hall–Kier alpha value is -2.17. The van der Waals surface area contributed by atoms with Gasteiger partial charge in [-0.2, -0.15) is 0 Å². The summed E-state index contributed by atoms with van der Waals surface area (Å²) >= 11 is 0. The van der Waals surface area contributed by atoms with Gasteiger partial charge in [-0.15, -0.1) is 6.58 Å². The highest BCUT2D eigenvalue weighted by atomic mass is 16.4. The van der Waals surface area contributed by atoms with Crippen LogP contribution >= 0.6 is 0 Å². The van der Waals surface area contributed by atoms with E-state index < -0.39 is 5.97 Å². The van der Waals surface area contributed by atoms with E-state index in [1.54, 1.807) is 12.3 Å². The van der Waals surface area contributed by atoms with Crippen molar-refractivity contribution < 1.29 is 14.7 Å². The number of pyridine rings is 1. The highest BCUT2D eigenvalue weighted by Crippen LogP contribution is 2.06. The predicted molar refractivity (Wildman–Crippen MR) is 62.7 cm³/mol. The molecule has 1 aromatic heterocycles. The number of carbonyl (C=O) groups excluding carboxylic acids is 1. The van der Waals surface area contributed by atoms with Crippen LogP contribution in [0.2, 0.25) is 0 Å². The van der Waals surface area contributed by atoms with Gasteiger partial charge < -0.3 is 10.0 Å². The molecular formula is C12H14N2O3. The highest BCUT2D eigenvalue weighted by Gasteiger charge is 2.17. The van der Waals surface area contributed by atoms with Gasteiger partial charge in [-0.1, -0.05) is 6.08 Å². The van der Waals surface area contributed by atoms with Crippen LogP contribution in [-0.4, -0.2) is 40.0 Å². The van der Waals surface area contributed by atoms with Crippen molar-refractivity contribution in [3.05, 3.63) is 42.2 Å². The molecule has 90 valence electrons. The monoisotopic (exact) mass is 234 g/mol. The van der Waals surface area contributed by atoms with Crippen molar-refractivity contribution in [2.45, 2.75) is 6.92 Å². The molecule has 0 saturated heterocycles. The second-order valence-electron chi connectivity index (χ2n) is 3.62. The Bertz CT molecular complexity index is 443. The summed E-state index contributed by atoms with van der Waals surface area (Å²) in [5.41, 5.74) is 1.23. The summed E-state index contributed by atoms with van der Waals surface area (Å²) in [4.78, 5) is 27.7. The molecule has 0 atom stereocenters. The lowest BCUT2D eigenvalue weighted by Gasteiger charge is -2.18. The molecule has 0 aliphatic heterocycles. The molecule has 0 fully saturated rings. The van der Waals surface area contributed by atoms with E-state index in [4.69, 9.17) is 5.11 Å². The van der Waals surface area contributed by atoms with Gasteiger partial charge in [0.2, 0.25) is 0 Å². The van der Waals surface area contributed by atoms with Gasteiger partial charge in [0.05, 0.1) is 5.56 Å². The van der Waals surface area contributed by atoms with E-state index in [1.165, 1.54) is 17.2 Å². The molecule has 0 unspecified atom stereocenters. The van der Waals surface area contributed by atoms with Crippen molar-refractivity contribution in [2.24, 2.45) is 0 Å². The summed E-state index contributed by atoms with van der Waals surface area (Å²) in [6, 6.07) is 1.67. The molecule has 1 amide bonds. The third kappa shape index (κ3) is 3.71. The number of hydrogen-bond acceptors (Lipinski definition) is 3. The van der Waals surface area contributed by atoms with Crippen molar-refractivity contribution >= 4 is 11.9 Å². The van der Waals surface area contributed by atoms with Crippen molar-refractivity contribution in [3.63, 3.8) is 0 Å². The smallest absolute Gasteiger partial charge is 0.323 e. The first-order valence-corrected chi connectivity index (χ1v) is 5.08. The van der Waals surface area contributed by atoms with E-state index in [0.717, 1.165) is 5.56 Å². The number of nitrogens with zero attached hydrogens (tertiary/aromatic N) is 2. The van der Waals surface area contributed by atoms with E-state index in [0.29, 0.717) is 5.56 Å². The molecule has 0 bridgehead atoms. The minimum Gasteiger partial charge on any atom is -0.480 e. The maximum atomic E-state index is 12.0. The summed E-state index contributed by atoms with van der Waals surface area (Å²) < 4.78 is 0. The van der Waals surface area contributed by atoms with Gasteiger partial charge in [-0.25, -0.2) is 0 Å². The average Bonchev–Trinajstić information content (AvgIpc) is 2.27. The largest absolute Gasteiger partial charge is 0.480 e. The Kier molecular flexibility index (Phi) is 4.39. The molecule has 0 saturated carbocycles. The van der Waals surface area contributed by atoms with E-state index in [2.05, 4.69) is 11.6 Å². The fourth-order valence-corrected chi connectivity index (χ4v) is 1.39. The molecule has 5 heteroatoms. The van der Waals surface area contributed by atoms with Crippen LogP contribution in [0.1, 0.15) is 15.9 Å².